The van der Waals surface area contributed by atoms with Crippen molar-refractivity contribution in [1.29, 1.82) is 0 Å². The molecule has 0 aliphatic rings. The fourth-order valence-corrected chi connectivity index (χ4v) is 1.14. The third-order valence-electron chi connectivity index (χ3n) is 1.75. The minimum Gasteiger partial charge on any atom is -0.206 e. The van der Waals surface area contributed by atoms with Crippen molar-refractivity contribution in [3.63, 3.8) is 0 Å². The van der Waals surface area contributed by atoms with Crippen molar-refractivity contribution < 1.29 is 13.2 Å². The molecule has 0 saturated heterocycles. The van der Waals surface area contributed by atoms with Crippen molar-refractivity contribution in [3.05, 3.63) is 47.8 Å². The van der Waals surface area contributed by atoms with Crippen LogP contribution < -0.4 is 0 Å². The van der Waals surface area contributed by atoms with Crippen molar-refractivity contribution in [2.75, 3.05) is 0 Å². The van der Waals surface area contributed by atoms with Gasteiger partial charge in [0.05, 0.1) is 6.07 Å². The fraction of sp³-hybridized carbons (Fsp3) is 0. The molecule has 0 atom stereocenters. The quantitative estimate of drug-likeness (QED) is 0.547. The summed E-state index contributed by atoms with van der Waals surface area (Å²) in [6.45, 7) is 0. The number of hydrogen-bond acceptors (Lipinski definition) is 0. The Morgan fingerprint density at radius 3 is 2.54 bits per heavy atom. The van der Waals surface area contributed by atoms with E-state index < -0.39 is 17.5 Å². The van der Waals surface area contributed by atoms with E-state index >= 15 is 0 Å². The number of fused-ring (bicyclic) bond motifs is 1. The number of rotatable bonds is 0. The lowest BCUT2D eigenvalue weighted by Gasteiger charge is -2.00. The zero-order valence-electron chi connectivity index (χ0n) is 6.37. The van der Waals surface area contributed by atoms with Crippen LogP contribution in [0.25, 0.3) is 10.8 Å². The van der Waals surface area contributed by atoms with Gasteiger partial charge in [-0.2, -0.15) is 0 Å². The highest BCUT2D eigenvalue weighted by Gasteiger charge is 2.11. The maximum atomic E-state index is 13.0. The zero-order valence-corrected chi connectivity index (χ0v) is 6.37. The summed E-state index contributed by atoms with van der Waals surface area (Å²) in [6.07, 6.45) is 0. The molecular formula is C10H3F3. The summed E-state index contributed by atoms with van der Waals surface area (Å²) in [7, 11) is 0. The summed E-state index contributed by atoms with van der Waals surface area (Å²) < 4.78 is 38.6. The molecule has 0 heterocycles. The van der Waals surface area contributed by atoms with Crippen molar-refractivity contribution in [1.82, 2.24) is 0 Å². The van der Waals surface area contributed by atoms with Crippen molar-refractivity contribution in [2.24, 2.45) is 0 Å². The molecular weight excluding hydrogens is 177 g/mol. The zero-order chi connectivity index (χ0) is 9.42. The molecule has 0 aliphatic carbocycles. The van der Waals surface area contributed by atoms with Crippen molar-refractivity contribution in [2.45, 2.75) is 0 Å². The van der Waals surface area contributed by atoms with Gasteiger partial charge in [0.1, 0.15) is 5.82 Å². The standard InChI is InChI=1S/C10H3F3/c11-8-5-9(12)10(13)7-4-2-1-3-6(7)8/h1,3-4H. The minimum absolute atomic E-state index is 0.0117. The maximum absolute atomic E-state index is 13.0. The average molecular weight is 180 g/mol. The second-order valence-electron chi connectivity index (χ2n) is 2.54. The molecule has 0 nitrogen and oxygen atoms in total. The van der Waals surface area contributed by atoms with E-state index in [0.717, 1.165) is 0 Å². The SMILES string of the molecule is Fc1[c]c(F)c2cc[c]cc2c1F. The summed E-state index contributed by atoms with van der Waals surface area (Å²) in [5, 5.41) is -0.103. The molecule has 0 bridgehead atoms. The molecule has 0 aliphatic heterocycles. The van der Waals surface area contributed by atoms with E-state index in [4.69, 9.17) is 0 Å². The highest BCUT2D eigenvalue weighted by Crippen LogP contribution is 2.22. The van der Waals surface area contributed by atoms with Gasteiger partial charge in [-0.25, -0.2) is 13.2 Å². The Kier molecular flexibility index (Phi) is 1.72. The van der Waals surface area contributed by atoms with Crippen LogP contribution in [0.2, 0.25) is 0 Å². The van der Waals surface area contributed by atoms with Gasteiger partial charge in [-0.3, -0.25) is 0 Å². The topological polar surface area (TPSA) is 0 Å². The van der Waals surface area contributed by atoms with E-state index in [9.17, 15) is 13.2 Å². The lowest BCUT2D eigenvalue weighted by molar-refractivity contribution is 0.503. The first kappa shape index (κ1) is 8.10. The average Bonchev–Trinajstić information content (AvgIpc) is 2.15. The summed E-state index contributed by atoms with van der Waals surface area (Å²) >= 11 is 0. The van der Waals surface area contributed by atoms with Gasteiger partial charge in [-0.1, -0.05) is 12.1 Å². The van der Waals surface area contributed by atoms with Crippen LogP contribution in [0.3, 0.4) is 0 Å². The number of hydrogen-bond donors (Lipinski definition) is 0. The molecule has 2 aromatic carbocycles. The lowest BCUT2D eigenvalue weighted by atomic mass is 10.1. The van der Waals surface area contributed by atoms with E-state index in [1.807, 2.05) is 0 Å². The van der Waals surface area contributed by atoms with Crippen LogP contribution >= 0.6 is 0 Å². The van der Waals surface area contributed by atoms with Gasteiger partial charge in [0.25, 0.3) is 0 Å². The molecule has 0 N–H and O–H groups in total. The summed E-state index contributed by atoms with van der Waals surface area (Å²) in [4.78, 5) is 0. The first-order chi connectivity index (χ1) is 6.20. The smallest absolute Gasteiger partial charge is 0.170 e. The van der Waals surface area contributed by atoms with E-state index in [1.165, 1.54) is 18.2 Å². The van der Waals surface area contributed by atoms with Crippen LogP contribution in [0.1, 0.15) is 0 Å². The van der Waals surface area contributed by atoms with E-state index in [0.29, 0.717) is 0 Å². The molecule has 0 saturated carbocycles. The monoisotopic (exact) mass is 180 g/mol. The van der Waals surface area contributed by atoms with Crippen LogP contribution in [0.5, 0.6) is 0 Å². The van der Waals surface area contributed by atoms with Gasteiger partial charge < -0.3 is 0 Å². The molecule has 0 aromatic heterocycles. The largest absolute Gasteiger partial charge is 0.206 e. The predicted molar refractivity (Wildman–Crippen MR) is 41.5 cm³/mol. The number of halogens is 3. The molecule has 3 heteroatoms. The third kappa shape index (κ3) is 1.16. The molecule has 13 heavy (non-hydrogen) atoms. The van der Waals surface area contributed by atoms with Gasteiger partial charge in [0.15, 0.2) is 11.6 Å². The highest BCUT2D eigenvalue weighted by atomic mass is 19.2. The lowest BCUT2D eigenvalue weighted by Crippen LogP contribution is -1.90. The van der Waals surface area contributed by atoms with Crippen LogP contribution in [0.4, 0.5) is 13.2 Å². The normalized spacial score (nSPS) is 10.7. The molecule has 2 radical (unpaired) electrons. The summed E-state index contributed by atoms with van der Waals surface area (Å²) in [6, 6.07) is 8.15. The van der Waals surface area contributed by atoms with Crippen LogP contribution in [0.15, 0.2) is 18.2 Å². The van der Waals surface area contributed by atoms with Crippen LogP contribution in [-0.2, 0) is 0 Å². The molecule has 0 unspecified atom stereocenters. The molecule has 2 aromatic rings. The van der Waals surface area contributed by atoms with Gasteiger partial charge in [-0.05, 0) is 12.1 Å². The summed E-state index contributed by atoms with van der Waals surface area (Å²) in [5.41, 5.74) is 0. The van der Waals surface area contributed by atoms with Gasteiger partial charge >= 0.3 is 0 Å². The Balaban J connectivity index is 2.97. The van der Waals surface area contributed by atoms with Crippen LogP contribution in [-0.4, -0.2) is 0 Å². The minimum atomic E-state index is -1.30. The van der Waals surface area contributed by atoms with E-state index in [1.54, 1.807) is 6.07 Å². The first-order valence-electron chi connectivity index (χ1n) is 3.55. The van der Waals surface area contributed by atoms with Crippen molar-refractivity contribution >= 4 is 10.8 Å². The second-order valence-corrected chi connectivity index (χ2v) is 2.54. The van der Waals surface area contributed by atoms with E-state index in [2.05, 4.69) is 6.07 Å². The molecule has 0 amide bonds. The van der Waals surface area contributed by atoms with Gasteiger partial charge in [-0.15, -0.1) is 0 Å². The number of benzene rings is 2. The van der Waals surface area contributed by atoms with Crippen molar-refractivity contribution in [3.8, 4) is 0 Å². The Morgan fingerprint density at radius 2 is 1.77 bits per heavy atom. The Hall–Kier alpha value is -1.51. The molecule has 0 spiro atoms. The molecule has 0 fully saturated rings. The van der Waals surface area contributed by atoms with E-state index in [-0.39, 0.29) is 10.8 Å². The van der Waals surface area contributed by atoms with Crippen LogP contribution in [0, 0.1) is 29.6 Å². The van der Waals surface area contributed by atoms with Gasteiger partial charge in [0, 0.05) is 10.8 Å². The third-order valence-corrected chi connectivity index (χ3v) is 1.75. The Bertz CT molecular complexity index is 463. The summed E-state index contributed by atoms with van der Waals surface area (Å²) in [5.74, 6) is -3.28. The maximum Gasteiger partial charge on any atom is 0.170 e. The Morgan fingerprint density at radius 1 is 1.00 bits per heavy atom. The predicted octanol–water partition coefficient (Wildman–Crippen LogP) is 2.86. The molecule has 64 valence electrons. The fourth-order valence-electron chi connectivity index (χ4n) is 1.14. The molecule has 2 rings (SSSR count). The highest BCUT2D eigenvalue weighted by molar-refractivity contribution is 5.83. The first-order valence-corrected chi connectivity index (χ1v) is 3.55. The second kappa shape index (κ2) is 2.76. The van der Waals surface area contributed by atoms with Gasteiger partial charge in [0.2, 0.25) is 0 Å². The Labute approximate surface area is 72.6 Å².